The maximum atomic E-state index is 13.7. The lowest BCUT2D eigenvalue weighted by molar-refractivity contribution is -0.145. The van der Waals surface area contributed by atoms with Crippen molar-refractivity contribution in [2.45, 2.75) is 44.4 Å². The van der Waals surface area contributed by atoms with E-state index in [1.807, 2.05) is 24.3 Å². The molecular weight excluding hydrogens is 388 g/mol. The van der Waals surface area contributed by atoms with Gasteiger partial charge in [-0.2, -0.15) is 10.5 Å². The normalized spacial score (nSPS) is 41.3. The Balaban J connectivity index is 1.52. The summed E-state index contributed by atoms with van der Waals surface area (Å²) in [6.07, 6.45) is 6.83. The number of halogens is 1. The van der Waals surface area contributed by atoms with Crippen LogP contribution >= 0.6 is 15.9 Å². The Hall–Kier alpha value is -1.65. The molecule has 5 fully saturated rings. The summed E-state index contributed by atoms with van der Waals surface area (Å²) in [6.45, 7) is 0. The molecule has 4 bridgehead atoms. The third kappa shape index (κ3) is 2.12. The van der Waals surface area contributed by atoms with Gasteiger partial charge in [0.2, 0.25) is 0 Å². The van der Waals surface area contributed by atoms with Crippen molar-refractivity contribution >= 4 is 21.7 Å². The van der Waals surface area contributed by atoms with Crippen molar-refractivity contribution in [3.8, 4) is 12.1 Å². The Morgan fingerprint density at radius 2 is 1.62 bits per heavy atom. The van der Waals surface area contributed by atoms with E-state index in [4.69, 9.17) is 0 Å². The topological polar surface area (TPSA) is 64.7 Å². The summed E-state index contributed by atoms with van der Waals surface area (Å²) < 4.78 is 0.924. The highest BCUT2D eigenvalue weighted by Gasteiger charge is 2.73. The lowest BCUT2D eigenvalue weighted by Crippen LogP contribution is -2.50. The van der Waals surface area contributed by atoms with Gasteiger partial charge in [-0.3, -0.25) is 4.79 Å². The van der Waals surface area contributed by atoms with Crippen LogP contribution in [-0.2, 0) is 4.79 Å². The van der Waals surface area contributed by atoms with Gasteiger partial charge in [-0.1, -0.05) is 28.1 Å². The van der Waals surface area contributed by atoms with Gasteiger partial charge in [0.25, 0.3) is 0 Å². The molecule has 0 N–H and O–H groups in total. The second-order valence-electron chi connectivity index (χ2n) is 9.17. The van der Waals surface area contributed by atoms with Gasteiger partial charge in [-0.05, 0) is 74.0 Å². The van der Waals surface area contributed by atoms with Crippen molar-refractivity contribution in [1.82, 2.24) is 0 Å². The molecule has 5 saturated carbocycles. The third-order valence-corrected chi connectivity index (χ3v) is 8.12. The lowest BCUT2D eigenvalue weighted by atomic mass is 9.48. The van der Waals surface area contributed by atoms with Gasteiger partial charge in [0, 0.05) is 15.8 Å². The predicted octanol–water partition coefficient (Wildman–Crippen LogP) is 4.98. The maximum Gasteiger partial charge on any atom is 0.161 e. The first-order chi connectivity index (χ1) is 12.5. The predicted molar refractivity (Wildman–Crippen MR) is 99.6 cm³/mol. The van der Waals surface area contributed by atoms with Gasteiger partial charge in [0.1, 0.15) is 5.78 Å². The standard InChI is InChI=1S/C22H21BrN2O/c23-17-3-1-2-16(7-17)18-19(22(18,11-24)12-25)20(26)21-8-13-4-14(9-21)6-15(5-13)10-21/h1-3,7,13-15,18-19H,4-6,8-10H2. The van der Waals surface area contributed by atoms with E-state index in [-0.39, 0.29) is 17.1 Å². The SMILES string of the molecule is N#CC1(C#N)C(C(=O)C23CC4CC(CC(C4)C2)C3)C1c1cccc(Br)c1. The number of hydrogen-bond acceptors (Lipinski definition) is 3. The summed E-state index contributed by atoms with van der Waals surface area (Å²) in [7, 11) is 0. The van der Waals surface area contributed by atoms with Crippen LogP contribution in [0.5, 0.6) is 0 Å². The van der Waals surface area contributed by atoms with Crippen molar-refractivity contribution in [3.05, 3.63) is 34.3 Å². The Bertz CT molecular complexity index is 828. The zero-order valence-corrected chi connectivity index (χ0v) is 16.2. The maximum absolute atomic E-state index is 13.7. The summed E-state index contributed by atoms with van der Waals surface area (Å²) in [5.74, 6) is 1.55. The molecule has 0 radical (unpaired) electrons. The summed E-state index contributed by atoms with van der Waals surface area (Å²) >= 11 is 3.48. The fourth-order valence-electron chi connectivity index (χ4n) is 6.95. The molecule has 0 aromatic heterocycles. The van der Waals surface area contributed by atoms with E-state index in [1.54, 1.807) is 0 Å². The zero-order chi connectivity index (χ0) is 18.1. The van der Waals surface area contributed by atoms with E-state index in [2.05, 4.69) is 28.1 Å². The van der Waals surface area contributed by atoms with Crippen molar-refractivity contribution in [3.63, 3.8) is 0 Å². The van der Waals surface area contributed by atoms with E-state index in [0.717, 1.165) is 29.3 Å². The quantitative estimate of drug-likeness (QED) is 0.707. The summed E-state index contributed by atoms with van der Waals surface area (Å²) in [6, 6.07) is 12.2. The molecule has 132 valence electrons. The number of nitrogens with zero attached hydrogens (tertiary/aromatic N) is 2. The molecule has 4 heteroatoms. The first-order valence-corrected chi connectivity index (χ1v) is 10.4. The van der Waals surface area contributed by atoms with Gasteiger partial charge in [-0.15, -0.1) is 0 Å². The molecule has 5 aliphatic rings. The van der Waals surface area contributed by atoms with Gasteiger partial charge < -0.3 is 0 Å². The monoisotopic (exact) mass is 408 g/mol. The average Bonchev–Trinajstić information content (AvgIpc) is 3.29. The highest BCUT2D eigenvalue weighted by atomic mass is 79.9. The molecule has 0 amide bonds. The molecule has 6 rings (SSSR count). The van der Waals surface area contributed by atoms with Crippen LogP contribution in [0.3, 0.4) is 0 Å². The van der Waals surface area contributed by atoms with E-state index in [1.165, 1.54) is 19.3 Å². The zero-order valence-electron chi connectivity index (χ0n) is 14.6. The highest BCUT2D eigenvalue weighted by molar-refractivity contribution is 9.10. The van der Waals surface area contributed by atoms with E-state index in [9.17, 15) is 15.3 Å². The Kier molecular flexibility index (Phi) is 3.45. The molecule has 5 aliphatic carbocycles. The fraction of sp³-hybridized carbons (Fsp3) is 0.591. The Labute approximate surface area is 162 Å². The molecule has 0 heterocycles. The summed E-state index contributed by atoms with van der Waals surface area (Å²) in [4.78, 5) is 13.7. The van der Waals surface area contributed by atoms with Crippen molar-refractivity contribution in [1.29, 1.82) is 10.5 Å². The number of carbonyl (C=O) groups excluding carboxylic acids is 1. The van der Waals surface area contributed by atoms with Gasteiger partial charge in [0.05, 0.1) is 18.1 Å². The van der Waals surface area contributed by atoms with Crippen LogP contribution in [0, 0.1) is 57.2 Å². The molecule has 1 aromatic carbocycles. The van der Waals surface area contributed by atoms with Gasteiger partial charge in [0.15, 0.2) is 5.41 Å². The van der Waals surface area contributed by atoms with E-state index in [0.29, 0.717) is 17.8 Å². The van der Waals surface area contributed by atoms with E-state index >= 15 is 0 Å². The molecule has 26 heavy (non-hydrogen) atoms. The smallest absolute Gasteiger partial charge is 0.161 e. The minimum absolute atomic E-state index is 0.227. The largest absolute Gasteiger partial charge is 0.299 e. The first-order valence-electron chi connectivity index (χ1n) is 9.63. The van der Waals surface area contributed by atoms with Crippen molar-refractivity contribution in [2.24, 2.45) is 34.5 Å². The summed E-state index contributed by atoms with van der Waals surface area (Å²) in [5.41, 5.74) is -0.495. The fourth-order valence-corrected chi connectivity index (χ4v) is 7.36. The minimum Gasteiger partial charge on any atom is -0.299 e. The van der Waals surface area contributed by atoms with Crippen molar-refractivity contribution in [2.75, 3.05) is 0 Å². The highest BCUT2D eigenvalue weighted by Crippen LogP contribution is 2.70. The van der Waals surface area contributed by atoms with E-state index < -0.39 is 11.3 Å². The molecule has 3 nitrogen and oxygen atoms in total. The molecule has 1 aromatic rings. The van der Waals surface area contributed by atoms with Gasteiger partial charge in [-0.25, -0.2) is 0 Å². The van der Waals surface area contributed by atoms with Crippen LogP contribution in [0.15, 0.2) is 28.7 Å². The second kappa shape index (κ2) is 5.43. The van der Waals surface area contributed by atoms with Crippen LogP contribution < -0.4 is 0 Å². The first kappa shape index (κ1) is 16.5. The molecule has 2 atom stereocenters. The van der Waals surface area contributed by atoms with Crippen molar-refractivity contribution < 1.29 is 4.79 Å². The Morgan fingerprint density at radius 1 is 1.04 bits per heavy atom. The van der Waals surface area contributed by atoms with Crippen LogP contribution in [0.25, 0.3) is 0 Å². The number of hydrogen-bond donors (Lipinski definition) is 0. The number of ketones is 1. The molecule has 0 spiro atoms. The third-order valence-electron chi connectivity index (χ3n) is 7.63. The molecule has 2 unspecified atom stereocenters. The minimum atomic E-state index is -1.18. The number of carbonyl (C=O) groups is 1. The Morgan fingerprint density at radius 3 is 2.12 bits per heavy atom. The lowest BCUT2D eigenvalue weighted by Gasteiger charge is -2.56. The average molecular weight is 409 g/mol. The van der Waals surface area contributed by atoms with Crippen LogP contribution in [0.4, 0.5) is 0 Å². The van der Waals surface area contributed by atoms with Crippen LogP contribution in [0.2, 0.25) is 0 Å². The van der Waals surface area contributed by atoms with Gasteiger partial charge >= 0.3 is 0 Å². The molecular formula is C22H21BrN2O. The molecule has 0 saturated heterocycles. The molecule has 0 aliphatic heterocycles. The van der Waals surface area contributed by atoms with Crippen LogP contribution in [0.1, 0.15) is 50.0 Å². The van der Waals surface area contributed by atoms with Crippen LogP contribution in [-0.4, -0.2) is 5.78 Å². The number of nitriles is 2. The number of Topliss-reactive ketones (excluding diaryl/α,β-unsaturated/α-hetero) is 1. The number of benzene rings is 1. The summed E-state index contributed by atoms with van der Waals surface area (Å²) in [5, 5.41) is 19.6. The number of rotatable bonds is 3. The second-order valence-corrected chi connectivity index (χ2v) is 10.1.